The van der Waals surface area contributed by atoms with Crippen molar-refractivity contribution in [2.24, 2.45) is 0 Å². The highest BCUT2D eigenvalue weighted by molar-refractivity contribution is 9.10. The summed E-state index contributed by atoms with van der Waals surface area (Å²) in [6, 6.07) is 3.67. The van der Waals surface area contributed by atoms with Gasteiger partial charge in [-0.2, -0.15) is 13.2 Å². The Morgan fingerprint density at radius 2 is 1.81 bits per heavy atom. The summed E-state index contributed by atoms with van der Waals surface area (Å²) in [5.74, 6) is -1.88. The lowest BCUT2D eigenvalue weighted by Gasteiger charge is -2.15. The summed E-state index contributed by atoms with van der Waals surface area (Å²) < 4.78 is 83.4. The highest BCUT2D eigenvalue weighted by Gasteiger charge is 2.33. The number of halogens is 7. The lowest BCUT2D eigenvalue weighted by atomic mass is 10.1. The maximum absolute atomic E-state index is 12.8. The van der Waals surface area contributed by atoms with Gasteiger partial charge in [0.15, 0.2) is 0 Å². The molecule has 12 heteroatoms. The van der Waals surface area contributed by atoms with E-state index in [1.807, 2.05) is 0 Å². The van der Waals surface area contributed by atoms with Gasteiger partial charge in [-0.25, -0.2) is 9.78 Å². The molecular weight excluding hydrogens is 450 g/mol. The van der Waals surface area contributed by atoms with Gasteiger partial charge < -0.3 is 14.8 Å². The van der Waals surface area contributed by atoms with Crippen LogP contribution >= 0.6 is 15.9 Å². The molecule has 2 aromatic rings. The molecule has 0 saturated heterocycles. The smallest absolute Gasteiger partial charge is 0.465 e. The highest BCUT2D eigenvalue weighted by atomic mass is 79.9. The van der Waals surface area contributed by atoms with Gasteiger partial charge in [0.2, 0.25) is 0 Å². The van der Waals surface area contributed by atoms with E-state index in [2.05, 4.69) is 35.7 Å². The Hall–Kier alpha value is -2.50. The first-order valence-electron chi connectivity index (χ1n) is 6.88. The number of nitrogens with zero attached hydrogens (tertiary/aromatic N) is 1. The van der Waals surface area contributed by atoms with Crippen LogP contribution in [-0.4, -0.2) is 24.4 Å². The molecule has 146 valence electrons. The number of carbonyl (C=O) groups is 1. The van der Waals surface area contributed by atoms with Crippen LogP contribution < -0.4 is 10.1 Å². The number of alkyl halides is 6. The van der Waals surface area contributed by atoms with Crippen LogP contribution in [0.4, 0.5) is 37.8 Å². The van der Waals surface area contributed by atoms with Gasteiger partial charge in [-0.05, 0) is 40.2 Å². The zero-order valence-corrected chi connectivity index (χ0v) is 14.8. The van der Waals surface area contributed by atoms with Gasteiger partial charge in [-0.1, -0.05) is 0 Å². The minimum absolute atomic E-state index is 0.0850. The van der Waals surface area contributed by atoms with Crippen molar-refractivity contribution in [1.29, 1.82) is 0 Å². The summed E-state index contributed by atoms with van der Waals surface area (Å²) in [5.41, 5.74) is -1.54. The summed E-state index contributed by atoms with van der Waals surface area (Å²) >= 11 is 3.00. The van der Waals surface area contributed by atoms with Crippen molar-refractivity contribution in [2.45, 2.75) is 12.5 Å². The minimum Gasteiger partial charge on any atom is -0.465 e. The van der Waals surface area contributed by atoms with Crippen LogP contribution in [-0.2, 0) is 10.9 Å². The zero-order chi connectivity index (χ0) is 20.4. The second kappa shape index (κ2) is 7.62. The molecule has 1 aromatic carbocycles. The Kier molecular flexibility index (Phi) is 5.88. The third kappa shape index (κ3) is 5.49. The van der Waals surface area contributed by atoms with Gasteiger partial charge in [-0.15, -0.1) is 13.2 Å². The van der Waals surface area contributed by atoms with Crippen molar-refractivity contribution in [3.63, 3.8) is 0 Å². The Bertz CT molecular complexity index is 854. The Morgan fingerprint density at radius 3 is 2.33 bits per heavy atom. The van der Waals surface area contributed by atoms with Crippen LogP contribution in [0.5, 0.6) is 5.75 Å². The highest BCUT2D eigenvalue weighted by Crippen LogP contribution is 2.34. The normalized spacial score (nSPS) is 11.9. The minimum atomic E-state index is -4.89. The lowest BCUT2D eigenvalue weighted by Crippen LogP contribution is -2.17. The van der Waals surface area contributed by atoms with Crippen LogP contribution in [0.15, 0.2) is 34.9 Å². The number of methoxy groups -OCH3 is 1. The van der Waals surface area contributed by atoms with Gasteiger partial charge in [0.25, 0.3) is 0 Å². The SMILES string of the molecule is COC(=O)c1cc(C(F)(F)F)cnc1Nc1ccc(OC(F)(F)F)cc1Br. The van der Waals surface area contributed by atoms with E-state index < -0.39 is 35.4 Å². The molecule has 0 radical (unpaired) electrons. The zero-order valence-electron chi connectivity index (χ0n) is 13.2. The number of anilines is 2. The van der Waals surface area contributed by atoms with E-state index >= 15 is 0 Å². The van der Waals surface area contributed by atoms with Gasteiger partial charge in [-0.3, -0.25) is 0 Å². The molecule has 0 aliphatic heterocycles. The van der Waals surface area contributed by atoms with Gasteiger partial charge in [0, 0.05) is 10.7 Å². The molecule has 0 amide bonds. The first-order chi connectivity index (χ1) is 12.4. The van der Waals surface area contributed by atoms with Crippen molar-refractivity contribution in [3.8, 4) is 5.75 Å². The molecule has 1 aromatic heterocycles. The summed E-state index contributed by atoms with van der Waals surface area (Å²) in [4.78, 5) is 15.3. The molecule has 27 heavy (non-hydrogen) atoms. The fraction of sp³-hybridized carbons (Fsp3) is 0.200. The number of benzene rings is 1. The van der Waals surface area contributed by atoms with Crippen molar-refractivity contribution >= 4 is 33.4 Å². The third-order valence-electron chi connectivity index (χ3n) is 3.05. The van der Waals surface area contributed by atoms with Gasteiger partial charge >= 0.3 is 18.5 Å². The second-order valence-electron chi connectivity index (χ2n) is 4.92. The molecular formula is C15H9BrF6N2O3. The molecule has 2 rings (SSSR count). The summed E-state index contributed by atoms with van der Waals surface area (Å²) in [5, 5.41) is 2.56. The molecule has 0 fully saturated rings. The van der Waals surface area contributed by atoms with Crippen LogP contribution in [0.1, 0.15) is 15.9 Å². The Balaban J connectivity index is 2.38. The number of esters is 1. The molecule has 1 heterocycles. The molecule has 0 unspecified atom stereocenters. The fourth-order valence-electron chi connectivity index (χ4n) is 1.91. The van der Waals surface area contributed by atoms with E-state index in [9.17, 15) is 31.1 Å². The summed E-state index contributed by atoms with van der Waals surface area (Å²) in [6.07, 6.45) is -9.11. The average molecular weight is 459 g/mol. The van der Waals surface area contributed by atoms with Crippen molar-refractivity contribution < 1.29 is 40.6 Å². The molecule has 0 aliphatic carbocycles. The van der Waals surface area contributed by atoms with Crippen molar-refractivity contribution in [1.82, 2.24) is 4.98 Å². The van der Waals surface area contributed by atoms with Gasteiger partial charge in [0.05, 0.1) is 18.4 Å². The fourth-order valence-corrected chi connectivity index (χ4v) is 2.36. The summed E-state index contributed by atoms with van der Waals surface area (Å²) in [6.45, 7) is 0. The number of hydrogen-bond donors (Lipinski definition) is 1. The van der Waals surface area contributed by atoms with Crippen LogP contribution in [0.3, 0.4) is 0 Å². The standard InChI is InChI=1S/C15H9BrF6N2O3/c1-26-13(25)9-4-7(14(17,18)19)6-23-12(9)24-11-3-2-8(5-10(11)16)27-15(20,21)22/h2-6H,1H3,(H,23,24). The molecule has 5 nitrogen and oxygen atoms in total. The first-order valence-corrected chi connectivity index (χ1v) is 7.68. The van der Waals surface area contributed by atoms with E-state index in [0.717, 1.165) is 25.3 Å². The Morgan fingerprint density at radius 1 is 1.15 bits per heavy atom. The van der Waals surface area contributed by atoms with Crippen LogP contribution in [0.2, 0.25) is 0 Å². The maximum atomic E-state index is 12.8. The predicted molar refractivity (Wildman–Crippen MR) is 84.7 cm³/mol. The quantitative estimate of drug-likeness (QED) is 0.498. The molecule has 1 N–H and O–H groups in total. The van der Waals surface area contributed by atoms with E-state index in [0.29, 0.717) is 12.3 Å². The Labute approximate surface area is 156 Å². The van der Waals surface area contributed by atoms with Crippen LogP contribution in [0.25, 0.3) is 0 Å². The molecule has 0 bridgehead atoms. The largest absolute Gasteiger partial charge is 0.573 e. The maximum Gasteiger partial charge on any atom is 0.573 e. The molecule has 0 spiro atoms. The predicted octanol–water partition coefficient (Wildman–Crippen LogP) is 5.29. The lowest BCUT2D eigenvalue weighted by molar-refractivity contribution is -0.274. The number of carbonyl (C=O) groups excluding carboxylic acids is 1. The van der Waals surface area contributed by atoms with E-state index in [1.165, 1.54) is 0 Å². The average Bonchev–Trinajstić information content (AvgIpc) is 2.54. The molecule has 0 atom stereocenters. The van der Waals surface area contributed by atoms with E-state index in [4.69, 9.17) is 0 Å². The number of ether oxygens (including phenoxy) is 2. The van der Waals surface area contributed by atoms with E-state index in [-0.39, 0.29) is 16.0 Å². The van der Waals surface area contributed by atoms with Gasteiger partial charge in [0.1, 0.15) is 17.1 Å². The monoisotopic (exact) mass is 458 g/mol. The van der Waals surface area contributed by atoms with Crippen LogP contribution in [0, 0.1) is 0 Å². The third-order valence-corrected chi connectivity index (χ3v) is 3.70. The van der Waals surface area contributed by atoms with Crippen molar-refractivity contribution in [3.05, 3.63) is 46.1 Å². The second-order valence-corrected chi connectivity index (χ2v) is 5.78. The van der Waals surface area contributed by atoms with E-state index in [1.54, 1.807) is 0 Å². The summed E-state index contributed by atoms with van der Waals surface area (Å²) in [7, 11) is 0.978. The first kappa shape index (κ1) is 20.8. The number of nitrogens with one attached hydrogen (secondary N) is 1. The number of rotatable bonds is 4. The molecule has 0 saturated carbocycles. The number of hydrogen-bond acceptors (Lipinski definition) is 5. The number of pyridine rings is 1. The topological polar surface area (TPSA) is 60.5 Å². The van der Waals surface area contributed by atoms with Crippen molar-refractivity contribution in [2.75, 3.05) is 12.4 Å². The number of aromatic nitrogens is 1. The molecule has 0 aliphatic rings.